The summed E-state index contributed by atoms with van der Waals surface area (Å²) in [6.07, 6.45) is 7.24. The number of alkyl halides is 3. The van der Waals surface area contributed by atoms with E-state index in [1.807, 2.05) is 0 Å². The van der Waals surface area contributed by atoms with Crippen molar-refractivity contribution < 1.29 is 51.7 Å². The van der Waals surface area contributed by atoms with Gasteiger partial charge in [0.05, 0.1) is 19.3 Å². The van der Waals surface area contributed by atoms with Gasteiger partial charge >= 0.3 is 24.1 Å². The highest BCUT2D eigenvalue weighted by Gasteiger charge is 2.38. The molecule has 0 fully saturated rings. The molecule has 0 aromatic carbocycles. The van der Waals surface area contributed by atoms with Gasteiger partial charge < -0.3 is 31.4 Å². The van der Waals surface area contributed by atoms with Crippen LogP contribution in [-0.4, -0.2) is 77.3 Å². The van der Waals surface area contributed by atoms with Gasteiger partial charge in [-0.3, -0.25) is 14.4 Å². The minimum atomic E-state index is -5.08. The predicted molar refractivity (Wildman–Crippen MR) is 163 cm³/mol. The molecule has 11 nitrogen and oxygen atoms in total. The first-order chi connectivity index (χ1) is 20.7. The van der Waals surface area contributed by atoms with Crippen LogP contribution < -0.4 is 16.8 Å². The minimum absolute atomic E-state index is 0.0315. The van der Waals surface area contributed by atoms with Crippen molar-refractivity contribution in [1.82, 2.24) is 5.32 Å². The highest BCUT2D eigenvalue weighted by Crippen LogP contribution is 2.15. The van der Waals surface area contributed by atoms with Crippen LogP contribution in [0.5, 0.6) is 0 Å². The van der Waals surface area contributed by atoms with Crippen LogP contribution >= 0.6 is 11.8 Å². The van der Waals surface area contributed by atoms with Crippen molar-refractivity contribution >= 4 is 40.7 Å². The van der Waals surface area contributed by atoms with Gasteiger partial charge in [-0.05, 0) is 46.0 Å². The summed E-state index contributed by atoms with van der Waals surface area (Å²) in [4.78, 5) is 57.5. The zero-order valence-corrected chi connectivity index (χ0v) is 27.1. The Kier molecular flexibility index (Phi) is 26.8. The molecule has 0 spiro atoms. The van der Waals surface area contributed by atoms with Crippen molar-refractivity contribution in [1.29, 1.82) is 0 Å². The molecule has 0 saturated heterocycles. The Bertz CT molecular complexity index is 834. The number of hydrogen-bond donors (Lipinski definition) is 4. The van der Waals surface area contributed by atoms with E-state index in [-0.39, 0.29) is 43.5 Å². The number of carboxylic acid groups (broad SMARTS) is 1. The lowest BCUT2D eigenvalue weighted by Gasteiger charge is -2.18. The topological polar surface area (TPSA) is 188 Å². The molecule has 0 heterocycles. The van der Waals surface area contributed by atoms with Crippen molar-refractivity contribution in [3.8, 4) is 0 Å². The smallest absolute Gasteiger partial charge is 0.475 e. The molecule has 0 aliphatic carbocycles. The summed E-state index contributed by atoms with van der Waals surface area (Å²) in [6, 6.07) is -2.36. The summed E-state index contributed by atoms with van der Waals surface area (Å²) in [7, 11) is 0. The molecule has 0 bridgehead atoms. The van der Waals surface area contributed by atoms with Gasteiger partial charge in [0.25, 0.3) is 0 Å². The zero-order chi connectivity index (χ0) is 34.0. The standard InChI is InChI=1S/C27H51N3O6S.C2HF3O2/c1-4-7-8-9-10-11-12-13-14-20-37-27(34)22(29)18-19-24(31)30-23(26(33)36-6-3)17-15-16-21(28)25(32)35-5-2;3-2(4,5)1(6)7/h21-23H,4-20,28-29H2,1-3H3,(H,30,31);(H,6,7)/t21?,22-,23?;/m1./s1. The molecule has 258 valence electrons. The van der Waals surface area contributed by atoms with Gasteiger partial charge in [0.1, 0.15) is 12.1 Å². The van der Waals surface area contributed by atoms with E-state index in [4.69, 9.17) is 30.8 Å². The van der Waals surface area contributed by atoms with Crippen molar-refractivity contribution in [2.24, 2.45) is 11.5 Å². The first-order valence-corrected chi connectivity index (χ1v) is 16.3. The lowest BCUT2D eigenvalue weighted by atomic mass is 10.1. The largest absolute Gasteiger partial charge is 0.490 e. The zero-order valence-electron chi connectivity index (χ0n) is 26.3. The summed E-state index contributed by atoms with van der Waals surface area (Å²) < 4.78 is 41.7. The Labute approximate surface area is 263 Å². The average molecular weight is 660 g/mol. The number of thioether (sulfide) groups is 1. The normalized spacial score (nSPS) is 13.1. The van der Waals surface area contributed by atoms with E-state index in [2.05, 4.69) is 12.2 Å². The summed E-state index contributed by atoms with van der Waals surface area (Å²) in [5.74, 6) is -3.42. The van der Waals surface area contributed by atoms with E-state index >= 15 is 0 Å². The van der Waals surface area contributed by atoms with Crippen LogP contribution in [0.4, 0.5) is 13.2 Å². The Morgan fingerprint density at radius 1 is 0.750 bits per heavy atom. The van der Waals surface area contributed by atoms with Crippen molar-refractivity contribution in [2.45, 2.75) is 135 Å². The number of halogens is 3. The third-order valence-electron chi connectivity index (χ3n) is 6.22. The third kappa shape index (κ3) is 25.0. The van der Waals surface area contributed by atoms with Crippen LogP contribution in [0.2, 0.25) is 0 Å². The minimum Gasteiger partial charge on any atom is -0.475 e. The molecule has 0 aliphatic heterocycles. The number of carboxylic acids is 1. The third-order valence-corrected chi connectivity index (χ3v) is 7.30. The molecule has 44 heavy (non-hydrogen) atoms. The van der Waals surface area contributed by atoms with Gasteiger partial charge in [-0.25, -0.2) is 9.59 Å². The van der Waals surface area contributed by atoms with Crippen LogP contribution in [0.3, 0.4) is 0 Å². The Hall–Kier alpha value is -2.39. The second-order valence-electron chi connectivity index (χ2n) is 10.1. The number of hydrogen-bond acceptors (Lipinski definition) is 10. The fraction of sp³-hybridized carbons (Fsp3) is 0.828. The van der Waals surface area contributed by atoms with Gasteiger partial charge in [0, 0.05) is 12.2 Å². The van der Waals surface area contributed by atoms with Gasteiger partial charge in [-0.15, -0.1) is 0 Å². The van der Waals surface area contributed by atoms with Crippen molar-refractivity contribution in [3.63, 3.8) is 0 Å². The maximum Gasteiger partial charge on any atom is 0.490 e. The highest BCUT2D eigenvalue weighted by atomic mass is 32.2. The lowest BCUT2D eigenvalue weighted by Crippen LogP contribution is -2.43. The molecule has 0 radical (unpaired) electrons. The fourth-order valence-electron chi connectivity index (χ4n) is 3.76. The average Bonchev–Trinajstić information content (AvgIpc) is 2.96. The molecule has 3 atom stereocenters. The Morgan fingerprint density at radius 3 is 1.75 bits per heavy atom. The van der Waals surface area contributed by atoms with E-state index in [1.54, 1.807) is 13.8 Å². The summed E-state index contributed by atoms with van der Waals surface area (Å²) in [5, 5.41) is 9.68. The first kappa shape index (κ1) is 43.7. The maximum atomic E-state index is 12.4. The first-order valence-electron chi connectivity index (χ1n) is 15.3. The monoisotopic (exact) mass is 659 g/mol. The number of unbranched alkanes of at least 4 members (excludes halogenated alkanes) is 8. The van der Waals surface area contributed by atoms with Gasteiger partial charge in [0.2, 0.25) is 11.0 Å². The molecule has 1 amide bonds. The SMILES string of the molecule is CCCCCCCCCCCSC(=O)[C@H](N)CCC(=O)NC(CCCC(N)C(=O)OCC)C(=O)OCC.O=C(O)C(F)(F)F. The predicted octanol–water partition coefficient (Wildman–Crippen LogP) is 4.63. The number of aliphatic carboxylic acids is 1. The molecule has 2 unspecified atom stereocenters. The maximum absolute atomic E-state index is 12.4. The molecular formula is C29H52F3N3O8S. The number of rotatable bonds is 23. The Morgan fingerprint density at radius 2 is 1.25 bits per heavy atom. The van der Waals surface area contributed by atoms with Crippen molar-refractivity contribution in [3.05, 3.63) is 0 Å². The molecule has 15 heteroatoms. The van der Waals surface area contributed by atoms with Crippen LogP contribution in [0.1, 0.15) is 111 Å². The molecule has 0 aliphatic rings. The number of ether oxygens (including phenoxy) is 2. The lowest BCUT2D eigenvalue weighted by molar-refractivity contribution is -0.192. The number of carbonyl (C=O) groups is 5. The van der Waals surface area contributed by atoms with Crippen LogP contribution in [-0.2, 0) is 33.4 Å². The molecule has 0 aromatic rings. The van der Waals surface area contributed by atoms with Gasteiger partial charge in [-0.1, -0.05) is 70.1 Å². The molecule has 6 N–H and O–H groups in total. The van der Waals surface area contributed by atoms with Gasteiger partial charge in [-0.2, -0.15) is 13.2 Å². The van der Waals surface area contributed by atoms with Crippen LogP contribution in [0, 0.1) is 0 Å². The number of carbonyl (C=O) groups excluding carboxylic acids is 4. The second-order valence-corrected chi connectivity index (χ2v) is 11.2. The summed E-state index contributed by atoms with van der Waals surface area (Å²) in [6.45, 7) is 6.04. The molecule has 0 aromatic heterocycles. The summed E-state index contributed by atoms with van der Waals surface area (Å²) >= 11 is 1.24. The van der Waals surface area contributed by atoms with Crippen LogP contribution in [0.25, 0.3) is 0 Å². The number of esters is 2. The highest BCUT2D eigenvalue weighted by molar-refractivity contribution is 8.13. The quantitative estimate of drug-likeness (QED) is 0.0885. The Balaban J connectivity index is 0. The molecule has 0 saturated carbocycles. The second kappa shape index (κ2) is 27.0. The van der Waals surface area contributed by atoms with E-state index in [0.717, 1.165) is 18.6 Å². The summed E-state index contributed by atoms with van der Waals surface area (Å²) in [5.41, 5.74) is 11.8. The number of nitrogens with two attached hydrogens (primary N) is 2. The number of nitrogens with one attached hydrogen (secondary N) is 1. The van der Waals surface area contributed by atoms with Crippen molar-refractivity contribution in [2.75, 3.05) is 19.0 Å². The van der Waals surface area contributed by atoms with Gasteiger partial charge in [0.15, 0.2) is 0 Å². The molecular weight excluding hydrogens is 607 g/mol. The fourth-order valence-corrected chi connectivity index (χ4v) is 4.65. The van der Waals surface area contributed by atoms with Crippen LogP contribution in [0.15, 0.2) is 0 Å². The van der Waals surface area contributed by atoms with E-state index < -0.39 is 42.2 Å². The molecule has 0 rings (SSSR count). The van der Waals surface area contributed by atoms with E-state index in [0.29, 0.717) is 12.8 Å². The van der Waals surface area contributed by atoms with E-state index in [9.17, 15) is 32.3 Å². The van der Waals surface area contributed by atoms with E-state index in [1.165, 1.54) is 56.7 Å². The number of amides is 1.